The van der Waals surface area contributed by atoms with Crippen LogP contribution in [-0.2, 0) is 6.42 Å². The van der Waals surface area contributed by atoms with Crippen molar-refractivity contribution in [2.75, 3.05) is 0 Å². The summed E-state index contributed by atoms with van der Waals surface area (Å²) in [6.07, 6.45) is 2.49. The lowest BCUT2D eigenvalue weighted by molar-refractivity contribution is 0.411. The van der Waals surface area contributed by atoms with Gasteiger partial charge in [-0.2, -0.15) is 0 Å². The summed E-state index contributed by atoms with van der Waals surface area (Å²) in [5.74, 6) is 0.0455. The van der Waals surface area contributed by atoms with Crippen LogP contribution in [-0.4, -0.2) is 15.1 Å². The molecular formula is C23H24N2OS. The molecule has 0 bridgehead atoms. The SMILES string of the molecule is Cc1c(-c2ccc(CC(C)(C)C)cc2)sc2cc3c(O)ncnc3c(C)c12. The number of aromatic nitrogens is 2. The predicted octanol–water partition coefficient (Wildman–Crippen LogP) is 6.42. The molecule has 0 fully saturated rings. The molecule has 0 atom stereocenters. The second-order valence-electron chi connectivity index (χ2n) is 8.46. The summed E-state index contributed by atoms with van der Waals surface area (Å²) >= 11 is 1.77. The van der Waals surface area contributed by atoms with Crippen LogP contribution in [0.4, 0.5) is 0 Å². The van der Waals surface area contributed by atoms with Crippen molar-refractivity contribution in [1.82, 2.24) is 9.97 Å². The van der Waals surface area contributed by atoms with Gasteiger partial charge in [0.1, 0.15) is 6.33 Å². The molecule has 2 heterocycles. The van der Waals surface area contributed by atoms with Gasteiger partial charge in [-0.25, -0.2) is 9.97 Å². The van der Waals surface area contributed by atoms with E-state index in [9.17, 15) is 5.11 Å². The van der Waals surface area contributed by atoms with E-state index in [0.717, 1.165) is 27.6 Å². The molecule has 0 aliphatic carbocycles. The third kappa shape index (κ3) is 3.19. The first kappa shape index (κ1) is 17.9. The number of fused-ring (bicyclic) bond motifs is 2. The van der Waals surface area contributed by atoms with Gasteiger partial charge in [-0.15, -0.1) is 11.3 Å². The fraction of sp³-hybridized carbons (Fsp3) is 0.304. The molecule has 0 amide bonds. The molecular weight excluding hydrogens is 352 g/mol. The first-order chi connectivity index (χ1) is 12.7. The number of thiophene rings is 1. The van der Waals surface area contributed by atoms with Gasteiger partial charge in [-0.05, 0) is 54.0 Å². The van der Waals surface area contributed by atoms with Crippen molar-refractivity contribution >= 4 is 32.3 Å². The van der Waals surface area contributed by atoms with Gasteiger partial charge in [-0.3, -0.25) is 0 Å². The molecule has 2 aromatic heterocycles. The lowest BCUT2D eigenvalue weighted by Gasteiger charge is -2.18. The Balaban J connectivity index is 1.86. The van der Waals surface area contributed by atoms with E-state index in [-0.39, 0.29) is 11.3 Å². The van der Waals surface area contributed by atoms with Crippen molar-refractivity contribution in [3.63, 3.8) is 0 Å². The van der Waals surface area contributed by atoms with E-state index >= 15 is 0 Å². The Morgan fingerprint density at radius 1 is 1.00 bits per heavy atom. The van der Waals surface area contributed by atoms with Gasteiger partial charge in [-0.1, -0.05) is 45.0 Å². The van der Waals surface area contributed by atoms with Gasteiger partial charge < -0.3 is 5.11 Å². The summed E-state index contributed by atoms with van der Waals surface area (Å²) in [4.78, 5) is 9.60. The zero-order valence-electron chi connectivity index (χ0n) is 16.4. The smallest absolute Gasteiger partial charge is 0.222 e. The summed E-state index contributed by atoms with van der Waals surface area (Å²) in [5.41, 5.74) is 6.09. The molecule has 0 saturated heterocycles. The minimum absolute atomic E-state index is 0.0455. The molecule has 1 N–H and O–H groups in total. The molecule has 4 rings (SSSR count). The van der Waals surface area contributed by atoms with Crippen molar-refractivity contribution < 1.29 is 5.11 Å². The third-order valence-electron chi connectivity index (χ3n) is 4.99. The van der Waals surface area contributed by atoms with Crippen LogP contribution in [0.15, 0.2) is 36.7 Å². The van der Waals surface area contributed by atoms with Crippen LogP contribution < -0.4 is 0 Å². The van der Waals surface area contributed by atoms with E-state index in [1.165, 1.54) is 33.3 Å². The Morgan fingerprint density at radius 3 is 2.37 bits per heavy atom. The van der Waals surface area contributed by atoms with Crippen LogP contribution in [0.5, 0.6) is 5.88 Å². The topological polar surface area (TPSA) is 46.0 Å². The van der Waals surface area contributed by atoms with Crippen molar-refractivity contribution in [1.29, 1.82) is 0 Å². The fourth-order valence-electron chi connectivity index (χ4n) is 3.83. The van der Waals surface area contributed by atoms with E-state index in [1.807, 2.05) is 6.07 Å². The van der Waals surface area contributed by atoms with Crippen LogP contribution in [0.3, 0.4) is 0 Å². The normalized spacial score (nSPS) is 12.2. The second-order valence-corrected chi connectivity index (χ2v) is 9.51. The van der Waals surface area contributed by atoms with Crippen molar-refractivity contribution in [3.8, 4) is 16.3 Å². The molecule has 0 aliphatic rings. The maximum absolute atomic E-state index is 10.1. The second kappa shape index (κ2) is 6.31. The first-order valence-corrected chi connectivity index (χ1v) is 10.0. The first-order valence-electron chi connectivity index (χ1n) is 9.20. The standard InChI is InChI=1S/C23H24N2OS/c1-13-19-14(2)21(16-8-6-15(7-9-16)11-23(3,4)5)27-18(19)10-17-20(13)24-12-25-22(17)26/h6-10,12H,11H2,1-5H3,(H,24,25,26). The highest BCUT2D eigenvalue weighted by Crippen LogP contribution is 2.42. The quantitative estimate of drug-likeness (QED) is 0.439. The number of nitrogens with zero attached hydrogens (tertiary/aromatic N) is 2. The minimum Gasteiger partial charge on any atom is -0.493 e. The molecule has 0 unspecified atom stereocenters. The van der Waals surface area contributed by atoms with Crippen LogP contribution in [0.25, 0.3) is 31.4 Å². The van der Waals surface area contributed by atoms with Crippen molar-refractivity contribution in [2.45, 2.75) is 41.0 Å². The number of aromatic hydroxyl groups is 1. The zero-order chi connectivity index (χ0) is 19.3. The summed E-state index contributed by atoms with van der Waals surface area (Å²) in [6, 6.07) is 11.0. The lowest BCUT2D eigenvalue weighted by Crippen LogP contribution is -2.08. The molecule has 0 aliphatic heterocycles. The molecule has 4 aromatic rings. The van der Waals surface area contributed by atoms with E-state index in [4.69, 9.17) is 0 Å². The van der Waals surface area contributed by atoms with Gasteiger partial charge in [0.2, 0.25) is 5.88 Å². The molecule has 0 spiro atoms. The number of rotatable bonds is 2. The molecule has 2 aromatic carbocycles. The van der Waals surface area contributed by atoms with Crippen LogP contribution in [0.1, 0.15) is 37.5 Å². The molecule has 27 heavy (non-hydrogen) atoms. The fourth-order valence-corrected chi connectivity index (χ4v) is 5.15. The molecule has 0 radical (unpaired) electrons. The Morgan fingerprint density at radius 2 is 1.70 bits per heavy atom. The van der Waals surface area contributed by atoms with E-state index in [2.05, 4.69) is 68.9 Å². The Kier molecular flexibility index (Phi) is 4.19. The van der Waals surface area contributed by atoms with Gasteiger partial charge in [0.05, 0.1) is 10.9 Å². The monoisotopic (exact) mass is 376 g/mol. The highest BCUT2D eigenvalue weighted by molar-refractivity contribution is 7.22. The molecule has 3 nitrogen and oxygen atoms in total. The maximum atomic E-state index is 10.1. The predicted molar refractivity (Wildman–Crippen MR) is 115 cm³/mol. The third-order valence-corrected chi connectivity index (χ3v) is 6.28. The summed E-state index contributed by atoms with van der Waals surface area (Å²) in [6.45, 7) is 11.1. The molecule has 0 saturated carbocycles. The van der Waals surface area contributed by atoms with Crippen molar-refractivity contribution in [3.05, 3.63) is 53.3 Å². The van der Waals surface area contributed by atoms with E-state index < -0.39 is 0 Å². The lowest BCUT2D eigenvalue weighted by atomic mass is 9.88. The highest BCUT2D eigenvalue weighted by atomic mass is 32.1. The molecule has 138 valence electrons. The average Bonchev–Trinajstić information content (AvgIpc) is 2.92. The maximum Gasteiger partial charge on any atom is 0.222 e. The van der Waals surface area contributed by atoms with Crippen molar-refractivity contribution in [2.24, 2.45) is 5.41 Å². The van der Waals surface area contributed by atoms with Crippen LogP contribution in [0.2, 0.25) is 0 Å². The minimum atomic E-state index is 0.0455. The molecule has 4 heteroatoms. The Bertz CT molecular complexity index is 1150. The number of benzene rings is 2. The van der Waals surface area contributed by atoms with E-state index in [1.54, 1.807) is 11.3 Å². The highest BCUT2D eigenvalue weighted by Gasteiger charge is 2.17. The van der Waals surface area contributed by atoms with Gasteiger partial charge in [0, 0.05) is 15.0 Å². The zero-order valence-corrected chi connectivity index (χ0v) is 17.2. The van der Waals surface area contributed by atoms with Gasteiger partial charge in [0.15, 0.2) is 0 Å². The summed E-state index contributed by atoms with van der Waals surface area (Å²) in [5, 5.41) is 12.1. The van der Waals surface area contributed by atoms with Crippen LogP contribution in [0, 0.1) is 19.3 Å². The number of aryl methyl sites for hydroxylation is 2. The van der Waals surface area contributed by atoms with Gasteiger partial charge in [0.25, 0.3) is 0 Å². The number of hydrogen-bond donors (Lipinski definition) is 1. The number of hydrogen-bond acceptors (Lipinski definition) is 4. The average molecular weight is 377 g/mol. The summed E-state index contributed by atoms with van der Waals surface area (Å²) in [7, 11) is 0. The van der Waals surface area contributed by atoms with Crippen LogP contribution >= 0.6 is 11.3 Å². The summed E-state index contributed by atoms with van der Waals surface area (Å²) < 4.78 is 1.16. The largest absolute Gasteiger partial charge is 0.493 e. The van der Waals surface area contributed by atoms with Gasteiger partial charge >= 0.3 is 0 Å². The van der Waals surface area contributed by atoms with E-state index in [0.29, 0.717) is 0 Å². The Hall–Kier alpha value is -2.46. The Labute approximate surface area is 163 Å².